The quantitative estimate of drug-likeness (QED) is 0.567. The highest BCUT2D eigenvalue weighted by molar-refractivity contribution is 6.05. The number of rotatable bonds is 4. The first kappa shape index (κ1) is 27.9. The van der Waals surface area contributed by atoms with Crippen molar-refractivity contribution in [1.82, 2.24) is 20.0 Å². The van der Waals surface area contributed by atoms with Gasteiger partial charge in [0.15, 0.2) is 0 Å². The molecule has 4 aliphatic rings. The molecule has 4 aliphatic heterocycles. The van der Waals surface area contributed by atoms with E-state index in [4.69, 9.17) is 9.47 Å². The molecule has 1 N–H and O–H groups in total. The molecule has 0 aromatic heterocycles. The molecule has 11 nitrogen and oxygen atoms in total. The van der Waals surface area contributed by atoms with Gasteiger partial charge in [-0.1, -0.05) is 0 Å². The molecule has 5 amide bonds. The predicted octanol–water partition coefficient (Wildman–Crippen LogP) is 2.46. The summed E-state index contributed by atoms with van der Waals surface area (Å²) in [6, 6.07) is 4.73. The van der Waals surface area contributed by atoms with E-state index in [0.29, 0.717) is 76.1 Å². The number of nitrogens with one attached hydrogen (secondary N) is 1. The van der Waals surface area contributed by atoms with Gasteiger partial charge in [-0.25, -0.2) is 4.79 Å². The third-order valence-electron chi connectivity index (χ3n) is 8.05. The van der Waals surface area contributed by atoms with E-state index in [1.54, 1.807) is 17.0 Å². The summed E-state index contributed by atoms with van der Waals surface area (Å²) >= 11 is 0. The molecule has 0 aliphatic carbocycles. The smallest absolute Gasteiger partial charge is 0.410 e. The zero-order valence-electron chi connectivity index (χ0n) is 23.4. The lowest BCUT2D eigenvalue weighted by atomic mass is 9.94. The summed E-state index contributed by atoms with van der Waals surface area (Å²) in [4.78, 5) is 67.3. The second-order valence-electron chi connectivity index (χ2n) is 12.1. The lowest BCUT2D eigenvalue weighted by molar-refractivity contribution is -0.139. The first-order valence-corrected chi connectivity index (χ1v) is 14.2. The number of amides is 5. The topological polar surface area (TPSA) is 126 Å². The lowest BCUT2D eigenvalue weighted by Gasteiger charge is -2.37. The Kier molecular flexibility index (Phi) is 7.74. The van der Waals surface area contributed by atoms with Crippen LogP contribution < -0.4 is 10.1 Å². The maximum atomic E-state index is 13.2. The van der Waals surface area contributed by atoms with Gasteiger partial charge in [0.05, 0.1) is 0 Å². The van der Waals surface area contributed by atoms with Crippen molar-refractivity contribution in [2.75, 3.05) is 26.2 Å². The SMILES string of the molecule is CC(C)(C)OC(=O)N1CCC(C(=O)N2CCC(Oc3ccc4c(c3)CN(C3CCC(=O)NC3=O)C4=O)CC2)CC1. The van der Waals surface area contributed by atoms with Gasteiger partial charge in [-0.3, -0.25) is 24.5 Å². The van der Waals surface area contributed by atoms with Crippen molar-refractivity contribution >= 4 is 29.7 Å². The lowest BCUT2D eigenvalue weighted by Crippen LogP contribution is -2.52. The fraction of sp³-hybridized carbons (Fsp3) is 0.621. The van der Waals surface area contributed by atoms with Gasteiger partial charge in [-0.05, 0) is 63.8 Å². The summed E-state index contributed by atoms with van der Waals surface area (Å²) in [6.45, 7) is 8.11. The summed E-state index contributed by atoms with van der Waals surface area (Å²) in [5, 5.41) is 2.32. The van der Waals surface area contributed by atoms with E-state index >= 15 is 0 Å². The molecule has 11 heteroatoms. The fourth-order valence-electron chi connectivity index (χ4n) is 5.90. The molecule has 4 heterocycles. The van der Waals surface area contributed by atoms with Gasteiger partial charge in [0.25, 0.3) is 5.91 Å². The number of carbonyl (C=O) groups is 5. The van der Waals surface area contributed by atoms with Crippen molar-refractivity contribution in [3.05, 3.63) is 29.3 Å². The Bertz CT molecular complexity index is 1190. The van der Waals surface area contributed by atoms with Gasteiger partial charge >= 0.3 is 6.09 Å². The molecular weight excluding hydrogens is 516 g/mol. The maximum absolute atomic E-state index is 13.2. The minimum atomic E-state index is -0.645. The first-order chi connectivity index (χ1) is 19.0. The highest BCUT2D eigenvalue weighted by Gasteiger charge is 2.39. The van der Waals surface area contributed by atoms with E-state index in [2.05, 4.69) is 5.32 Å². The molecule has 1 aromatic rings. The maximum Gasteiger partial charge on any atom is 0.410 e. The molecule has 0 bridgehead atoms. The third kappa shape index (κ3) is 6.08. The highest BCUT2D eigenvalue weighted by atomic mass is 16.6. The number of likely N-dealkylation sites (tertiary alicyclic amines) is 2. The van der Waals surface area contributed by atoms with Crippen molar-refractivity contribution in [2.45, 2.75) is 83.6 Å². The van der Waals surface area contributed by atoms with E-state index in [1.165, 1.54) is 4.90 Å². The molecule has 3 fully saturated rings. The van der Waals surface area contributed by atoms with Crippen molar-refractivity contribution in [2.24, 2.45) is 5.92 Å². The third-order valence-corrected chi connectivity index (χ3v) is 8.05. The van der Waals surface area contributed by atoms with E-state index in [9.17, 15) is 24.0 Å². The normalized spacial score (nSPS) is 22.7. The Morgan fingerprint density at radius 1 is 0.925 bits per heavy atom. The van der Waals surface area contributed by atoms with Gasteiger partial charge in [-0.15, -0.1) is 0 Å². The average Bonchev–Trinajstić information content (AvgIpc) is 3.23. The number of fused-ring (bicyclic) bond motifs is 1. The van der Waals surface area contributed by atoms with Crippen LogP contribution >= 0.6 is 0 Å². The zero-order chi connectivity index (χ0) is 28.6. The number of nitrogens with zero attached hydrogens (tertiary/aromatic N) is 3. The van der Waals surface area contributed by atoms with Gasteiger partial charge in [0.1, 0.15) is 23.5 Å². The van der Waals surface area contributed by atoms with Crippen LogP contribution in [-0.2, 0) is 25.7 Å². The molecule has 0 spiro atoms. The molecule has 5 rings (SSSR count). The average molecular weight is 555 g/mol. The van der Waals surface area contributed by atoms with Gasteiger partial charge < -0.3 is 24.2 Å². The first-order valence-electron chi connectivity index (χ1n) is 14.2. The van der Waals surface area contributed by atoms with Crippen LogP contribution in [0.15, 0.2) is 18.2 Å². The second kappa shape index (κ2) is 11.1. The van der Waals surface area contributed by atoms with Gasteiger partial charge in [-0.2, -0.15) is 0 Å². The van der Waals surface area contributed by atoms with Crippen molar-refractivity contribution in [3.63, 3.8) is 0 Å². The molecule has 1 unspecified atom stereocenters. The van der Waals surface area contributed by atoms with Crippen LogP contribution in [-0.4, -0.2) is 88.3 Å². The zero-order valence-corrected chi connectivity index (χ0v) is 23.4. The Morgan fingerprint density at radius 2 is 1.60 bits per heavy atom. The van der Waals surface area contributed by atoms with E-state index < -0.39 is 17.6 Å². The summed E-state index contributed by atoms with van der Waals surface area (Å²) in [6.07, 6.45) is 2.87. The van der Waals surface area contributed by atoms with Crippen LogP contribution in [0.4, 0.5) is 4.79 Å². The van der Waals surface area contributed by atoms with E-state index in [1.807, 2.05) is 31.7 Å². The number of ether oxygens (including phenoxy) is 2. The Morgan fingerprint density at radius 3 is 2.25 bits per heavy atom. The Labute approximate surface area is 234 Å². The molecule has 1 atom stereocenters. The molecule has 1 aromatic carbocycles. The molecule has 0 saturated carbocycles. The monoisotopic (exact) mass is 554 g/mol. The van der Waals surface area contributed by atoms with Crippen molar-refractivity contribution < 1.29 is 33.4 Å². The van der Waals surface area contributed by atoms with E-state index in [-0.39, 0.29) is 42.3 Å². The van der Waals surface area contributed by atoms with Crippen LogP contribution in [0.3, 0.4) is 0 Å². The molecule has 3 saturated heterocycles. The summed E-state index contributed by atoms with van der Waals surface area (Å²) in [5.41, 5.74) is 0.816. The van der Waals surface area contributed by atoms with Gasteiger partial charge in [0.2, 0.25) is 17.7 Å². The van der Waals surface area contributed by atoms with Crippen LogP contribution in [0, 0.1) is 5.92 Å². The Balaban J connectivity index is 1.09. The predicted molar refractivity (Wildman–Crippen MR) is 143 cm³/mol. The number of hydrogen-bond donors (Lipinski definition) is 1. The highest BCUT2D eigenvalue weighted by Crippen LogP contribution is 2.31. The number of imide groups is 1. The molecule has 40 heavy (non-hydrogen) atoms. The number of carbonyl (C=O) groups excluding carboxylic acids is 5. The fourth-order valence-corrected chi connectivity index (χ4v) is 5.90. The van der Waals surface area contributed by atoms with Crippen molar-refractivity contribution in [1.29, 1.82) is 0 Å². The van der Waals surface area contributed by atoms with Gasteiger partial charge in [0, 0.05) is 63.5 Å². The van der Waals surface area contributed by atoms with Crippen LogP contribution in [0.2, 0.25) is 0 Å². The van der Waals surface area contributed by atoms with Crippen molar-refractivity contribution in [3.8, 4) is 5.75 Å². The second-order valence-corrected chi connectivity index (χ2v) is 12.1. The largest absolute Gasteiger partial charge is 0.490 e. The Hall–Kier alpha value is -3.63. The minimum Gasteiger partial charge on any atom is -0.490 e. The van der Waals surface area contributed by atoms with Crippen LogP contribution in [0.5, 0.6) is 5.75 Å². The molecule has 216 valence electrons. The van der Waals surface area contributed by atoms with E-state index in [0.717, 1.165) is 5.56 Å². The minimum absolute atomic E-state index is 0.0422. The number of hydrogen-bond acceptors (Lipinski definition) is 7. The standard InChI is InChI=1S/C29H38N4O7/c1-29(2,3)40-28(38)32-12-8-18(9-13-32)26(36)31-14-10-20(11-15-31)39-21-4-5-22-19(16-21)17-33(27(22)37)23-6-7-24(34)30-25(23)35/h4-5,16,18,20,23H,6-15,17H2,1-3H3,(H,30,34,35). The van der Waals surface area contributed by atoms with Crippen LogP contribution in [0.25, 0.3) is 0 Å². The summed E-state index contributed by atoms with van der Waals surface area (Å²) in [7, 11) is 0. The van der Waals surface area contributed by atoms with Crippen LogP contribution in [0.1, 0.15) is 75.2 Å². The summed E-state index contributed by atoms with van der Waals surface area (Å²) < 4.78 is 11.7. The molecule has 0 radical (unpaired) electrons. The summed E-state index contributed by atoms with van der Waals surface area (Å²) in [5.74, 6) is -0.221. The number of piperidine rings is 3. The number of benzene rings is 1. The molecular formula is C29H38N4O7.